The molecule has 2 aromatic rings. The van der Waals surface area contributed by atoms with Gasteiger partial charge >= 0.3 is 0 Å². The lowest BCUT2D eigenvalue weighted by Crippen LogP contribution is -2.02. The van der Waals surface area contributed by atoms with E-state index >= 15 is 0 Å². The summed E-state index contributed by atoms with van der Waals surface area (Å²) in [5.41, 5.74) is 0.900. The highest BCUT2D eigenvalue weighted by Crippen LogP contribution is 2.27. The zero-order valence-electron chi connectivity index (χ0n) is 7.41. The van der Waals surface area contributed by atoms with Crippen molar-refractivity contribution < 1.29 is 4.79 Å². The molecule has 2 nitrogen and oxygen atoms in total. The van der Waals surface area contributed by atoms with Crippen LogP contribution in [0.3, 0.4) is 0 Å². The van der Waals surface area contributed by atoms with Crippen LogP contribution in [0.15, 0.2) is 34.1 Å². The molecule has 1 aromatic heterocycles. The number of aromatic nitrogens is 1. The molecule has 0 aliphatic carbocycles. The number of hydrogen-bond donors (Lipinski definition) is 0. The number of hydrogen-bond acceptors (Lipinski definition) is 3. The molecule has 1 aromatic carbocycles. The van der Waals surface area contributed by atoms with Crippen LogP contribution in [0.2, 0.25) is 5.02 Å². The molecular weight excluding hydrogens is 298 g/mol. The third-order valence-electron chi connectivity index (χ3n) is 1.87. The fourth-order valence-electron chi connectivity index (χ4n) is 1.15. The molecule has 0 saturated carbocycles. The summed E-state index contributed by atoms with van der Waals surface area (Å²) in [6.45, 7) is 0. The Morgan fingerprint density at radius 1 is 1.40 bits per heavy atom. The Hall–Kier alpha value is -0.710. The molecule has 0 fully saturated rings. The minimum atomic E-state index is -0.150. The van der Waals surface area contributed by atoms with Crippen LogP contribution in [0.25, 0.3) is 0 Å². The van der Waals surface area contributed by atoms with Gasteiger partial charge in [-0.15, -0.1) is 0 Å². The summed E-state index contributed by atoms with van der Waals surface area (Å²) in [6, 6.07) is 6.94. The van der Waals surface area contributed by atoms with Gasteiger partial charge in [0.15, 0.2) is 0 Å². The number of ketones is 1. The van der Waals surface area contributed by atoms with Crippen molar-refractivity contribution >= 4 is 44.8 Å². The van der Waals surface area contributed by atoms with Gasteiger partial charge in [-0.25, -0.2) is 0 Å². The second-order valence-corrected chi connectivity index (χ2v) is 4.71. The third kappa shape index (κ3) is 2.12. The smallest absolute Gasteiger partial charge is 0.213 e. The Morgan fingerprint density at radius 2 is 2.20 bits per heavy atom. The van der Waals surface area contributed by atoms with E-state index in [1.165, 1.54) is 11.5 Å². The van der Waals surface area contributed by atoms with E-state index in [-0.39, 0.29) is 5.78 Å². The highest BCUT2D eigenvalue weighted by molar-refractivity contribution is 9.10. The van der Waals surface area contributed by atoms with Crippen molar-refractivity contribution in [1.82, 2.24) is 4.37 Å². The van der Waals surface area contributed by atoms with E-state index in [2.05, 4.69) is 20.3 Å². The molecule has 15 heavy (non-hydrogen) atoms. The van der Waals surface area contributed by atoms with Crippen molar-refractivity contribution in [3.8, 4) is 0 Å². The zero-order valence-corrected chi connectivity index (χ0v) is 10.6. The molecule has 1 heterocycles. The molecule has 0 aliphatic rings. The molecule has 0 atom stereocenters. The molecule has 2 rings (SSSR count). The lowest BCUT2D eigenvalue weighted by molar-refractivity contribution is 0.103. The predicted octanol–water partition coefficient (Wildman–Crippen LogP) is 3.79. The minimum Gasteiger partial charge on any atom is -0.287 e. The maximum atomic E-state index is 11.9. The van der Waals surface area contributed by atoms with E-state index in [1.807, 2.05) is 0 Å². The van der Waals surface area contributed by atoms with Crippen LogP contribution in [0.4, 0.5) is 0 Å². The molecular formula is C10H5BrClNOS. The summed E-state index contributed by atoms with van der Waals surface area (Å²) in [7, 11) is 0. The fraction of sp³-hybridized carbons (Fsp3) is 0. The largest absolute Gasteiger partial charge is 0.287 e. The maximum Gasteiger partial charge on any atom is 0.213 e. The van der Waals surface area contributed by atoms with E-state index in [4.69, 9.17) is 11.6 Å². The van der Waals surface area contributed by atoms with Crippen LogP contribution in [0.5, 0.6) is 0 Å². The Morgan fingerprint density at radius 3 is 2.87 bits per heavy atom. The second-order valence-electron chi connectivity index (χ2n) is 2.82. The first kappa shape index (κ1) is 10.8. The Labute approximate surface area is 104 Å². The van der Waals surface area contributed by atoms with Gasteiger partial charge < -0.3 is 0 Å². The lowest BCUT2D eigenvalue weighted by atomic mass is 10.1. The summed E-state index contributed by atoms with van der Waals surface area (Å²) in [5, 5.41) is 2.19. The molecule has 0 N–H and O–H groups in total. The standard InChI is InChI=1S/C10H5BrClNOS/c11-7-3-1-2-6(9(7)12)10(14)8-4-5-15-13-8/h1-5H. The summed E-state index contributed by atoms with van der Waals surface area (Å²) >= 11 is 10.5. The highest BCUT2D eigenvalue weighted by Gasteiger charge is 2.15. The first-order valence-electron chi connectivity index (χ1n) is 4.09. The molecule has 0 bridgehead atoms. The first-order valence-corrected chi connectivity index (χ1v) is 6.10. The molecule has 0 radical (unpaired) electrons. The van der Waals surface area contributed by atoms with Gasteiger partial charge in [0.2, 0.25) is 5.78 Å². The maximum absolute atomic E-state index is 11.9. The van der Waals surface area contributed by atoms with Gasteiger partial charge in [-0.1, -0.05) is 17.7 Å². The third-order valence-corrected chi connectivity index (χ3v) is 3.72. The lowest BCUT2D eigenvalue weighted by Gasteiger charge is -2.02. The van der Waals surface area contributed by atoms with Gasteiger partial charge in [0.05, 0.1) is 5.02 Å². The molecule has 0 aliphatic heterocycles. The summed E-state index contributed by atoms with van der Waals surface area (Å²) < 4.78 is 4.69. The topological polar surface area (TPSA) is 30.0 Å². The number of nitrogens with zero attached hydrogens (tertiary/aromatic N) is 1. The SMILES string of the molecule is O=C(c1ccsn1)c1cccc(Br)c1Cl. The van der Waals surface area contributed by atoms with Crippen molar-refractivity contribution in [2.24, 2.45) is 0 Å². The number of rotatable bonds is 2. The number of benzene rings is 1. The zero-order chi connectivity index (χ0) is 10.8. The van der Waals surface area contributed by atoms with E-state index in [1.54, 1.807) is 29.6 Å². The molecule has 0 unspecified atom stereocenters. The second kappa shape index (κ2) is 4.43. The summed E-state index contributed by atoms with van der Waals surface area (Å²) in [6.07, 6.45) is 0. The molecule has 0 spiro atoms. The average molecular weight is 303 g/mol. The van der Waals surface area contributed by atoms with Crippen LogP contribution in [-0.4, -0.2) is 10.2 Å². The van der Waals surface area contributed by atoms with Gasteiger partial charge in [0.1, 0.15) is 5.69 Å². The van der Waals surface area contributed by atoms with Crippen LogP contribution < -0.4 is 0 Å². The Balaban J connectivity index is 2.47. The normalized spacial score (nSPS) is 10.3. The van der Waals surface area contributed by atoms with Gasteiger partial charge in [0.25, 0.3) is 0 Å². The highest BCUT2D eigenvalue weighted by atomic mass is 79.9. The van der Waals surface area contributed by atoms with Gasteiger partial charge in [-0.3, -0.25) is 4.79 Å². The van der Waals surface area contributed by atoms with Crippen molar-refractivity contribution in [2.75, 3.05) is 0 Å². The predicted molar refractivity (Wildman–Crippen MR) is 64.7 cm³/mol. The minimum absolute atomic E-state index is 0.150. The van der Waals surface area contributed by atoms with E-state index in [0.29, 0.717) is 20.8 Å². The van der Waals surface area contributed by atoms with Crippen molar-refractivity contribution in [3.63, 3.8) is 0 Å². The summed E-state index contributed by atoms with van der Waals surface area (Å²) in [4.78, 5) is 11.9. The monoisotopic (exact) mass is 301 g/mol. The van der Waals surface area contributed by atoms with Crippen molar-refractivity contribution in [2.45, 2.75) is 0 Å². The number of halogens is 2. The number of carbonyl (C=O) groups excluding carboxylic acids is 1. The Kier molecular flexibility index (Phi) is 3.19. The van der Waals surface area contributed by atoms with Gasteiger partial charge in [-0.2, -0.15) is 4.37 Å². The van der Waals surface area contributed by atoms with E-state index in [0.717, 1.165) is 0 Å². The molecule has 76 valence electrons. The Bertz CT molecular complexity index is 498. The number of carbonyl (C=O) groups is 1. The molecule has 0 amide bonds. The van der Waals surface area contributed by atoms with Gasteiger partial charge in [0, 0.05) is 15.4 Å². The first-order chi connectivity index (χ1) is 7.20. The average Bonchev–Trinajstić information content (AvgIpc) is 2.74. The van der Waals surface area contributed by atoms with Crippen LogP contribution >= 0.6 is 39.1 Å². The summed E-state index contributed by atoms with van der Waals surface area (Å²) in [5.74, 6) is -0.150. The van der Waals surface area contributed by atoms with Crippen LogP contribution in [0.1, 0.15) is 16.1 Å². The van der Waals surface area contributed by atoms with Crippen LogP contribution in [0, 0.1) is 0 Å². The van der Waals surface area contributed by atoms with Gasteiger partial charge in [-0.05, 0) is 45.7 Å². The van der Waals surface area contributed by atoms with Crippen molar-refractivity contribution in [3.05, 3.63) is 50.4 Å². The van der Waals surface area contributed by atoms with E-state index < -0.39 is 0 Å². The van der Waals surface area contributed by atoms with Crippen LogP contribution in [-0.2, 0) is 0 Å². The van der Waals surface area contributed by atoms with E-state index in [9.17, 15) is 4.79 Å². The van der Waals surface area contributed by atoms with Crippen molar-refractivity contribution in [1.29, 1.82) is 0 Å². The molecule has 5 heteroatoms. The fourth-order valence-corrected chi connectivity index (χ4v) is 2.23. The molecule has 0 saturated heterocycles. The quantitative estimate of drug-likeness (QED) is 0.790.